The molecule has 0 saturated heterocycles. The lowest BCUT2D eigenvalue weighted by molar-refractivity contribution is -0.594. The molecule has 0 fully saturated rings. The largest absolute Gasteiger partial charge is 0.417 e. The van der Waals surface area contributed by atoms with E-state index in [-0.39, 0.29) is 0 Å². The molecule has 0 bridgehead atoms. The summed E-state index contributed by atoms with van der Waals surface area (Å²) in [4.78, 5) is 7.26. The highest BCUT2D eigenvalue weighted by molar-refractivity contribution is 6.31. The molecule has 0 atom stereocenters. The molecule has 0 unspecified atom stereocenters. The number of hydrogen-bond acceptors (Lipinski definition) is 5. The minimum absolute atomic E-state index is 0.443. The number of alkyl halides is 3. The first-order valence-electron chi connectivity index (χ1n) is 3.32. The molecule has 15 heavy (non-hydrogen) atoms. The summed E-state index contributed by atoms with van der Waals surface area (Å²) >= 11 is 5.37. The van der Waals surface area contributed by atoms with Crippen LogP contribution in [-0.4, -0.2) is 10.2 Å². The lowest BCUT2D eigenvalue weighted by Gasteiger charge is -2.07. The van der Waals surface area contributed by atoms with Gasteiger partial charge in [-0.2, -0.15) is 13.2 Å². The summed E-state index contributed by atoms with van der Waals surface area (Å²) in [6.07, 6.45) is -4.06. The quantitative estimate of drug-likeness (QED) is 0.655. The van der Waals surface area contributed by atoms with Crippen LogP contribution in [0.4, 0.5) is 13.2 Å². The number of hydrogen-bond donors (Lipinski definition) is 1. The van der Waals surface area contributed by atoms with Crippen LogP contribution in [-0.2, 0) is 16.3 Å². The molecule has 0 spiro atoms. The van der Waals surface area contributed by atoms with Gasteiger partial charge < -0.3 is 0 Å². The predicted octanol–water partition coefficient (Wildman–Crippen LogP) is 2.47. The minimum atomic E-state index is -4.55. The summed E-state index contributed by atoms with van der Waals surface area (Å²) in [5, 5.41) is 13.9. The summed E-state index contributed by atoms with van der Waals surface area (Å²) in [5.74, 6) is -0.473. The maximum absolute atomic E-state index is 12.1. The van der Waals surface area contributed by atoms with Crippen molar-refractivity contribution in [3.05, 3.63) is 22.8 Å². The van der Waals surface area contributed by atoms with Crippen molar-refractivity contribution in [1.29, 1.82) is 0 Å². The number of pyridine rings is 1. The molecule has 1 N–H and O–H groups in total. The van der Waals surface area contributed by atoms with E-state index in [1.807, 2.05) is 0 Å². The average Bonchev–Trinajstić information content (AvgIpc) is 2.14. The zero-order chi connectivity index (χ0) is 11.5. The van der Waals surface area contributed by atoms with Crippen molar-refractivity contribution in [2.75, 3.05) is 0 Å². The van der Waals surface area contributed by atoms with Crippen LogP contribution in [0, 0.1) is 0 Å². The van der Waals surface area contributed by atoms with E-state index in [1.165, 1.54) is 0 Å². The molecule has 0 radical (unpaired) electrons. The van der Waals surface area contributed by atoms with Crippen LogP contribution in [0.3, 0.4) is 0 Å². The molecule has 84 valence electrons. The van der Waals surface area contributed by atoms with E-state index < -0.39 is 22.6 Å². The number of halogens is 4. The topological polar surface area (TPSA) is 60.8 Å². The summed E-state index contributed by atoms with van der Waals surface area (Å²) in [7, 11) is 0. The molecule has 0 amide bonds. The molecule has 0 aliphatic heterocycles. The van der Waals surface area contributed by atoms with E-state index in [4.69, 9.17) is 16.9 Å². The fourth-order valence-corrected chi connectivity index (χ4v) is 0.887. The monoisotopic (exact) mass is 245 g/mol. The Bertz CT molecular complexity index is 346. The molecule has 0 aliphatic carbocycles. The first-order valence-corrected chi connectivity index (χ1v) is 3.70. The molecule has 1 heterocycles. The Morgan fingerprint density at radius 3 is 2.53 bits per heavy atom. The molecule has 0 aromatic carbocycles. The molecule has 5 nitrogen and oxygen atoms in total. The van der Waals surface area contributed by atoms with Gasteiger partial charge in [-0.1, -0.05) is 11.6 Å². The smallest absolute Gasteiger partial charge is 0.284 e. The standard InChI is InChI=1S/C6H3ClF3NO4/c7-4-1-3(6(8,9)10)2-11-5(4)13-15-14-12/h1-2,12H. The predicted molar refractivity (Wildman–Crippen MR) is 39.7 cm³/mol. The maximum Gasteiger partial charge on any atom is 0.417 e. The average molecular weight is 246 g/mol. The van der Waals surface area contributed by atoms with Crippen molar-refractivity contribution in [2.45, 2.75) is 6.18 Å². The highest BCUT2D eigenvalue weighted by Gasteiger charge is 2.31. The third-order valence-electron chi connectivity index (χ3n) is 1.28. The van der Waals surface area contributed by atoms with Crippen LogP contribution in [0.5, 0.6) is 5.88 Å². The van der Waals surface area contributed by atoms with Crippen LogP contribution in [0.2, 0.25) is 5.02 Å². The Labute approximate surface area is 85.7 Å². The third-order valence-corrected chi connectivity index (χ3v) is 1.55. The van der Waals surface area contributed by atoms with Gasteiger partial charge in [0.05, 0.1) is 5.56 Å². The Balaban J connectivity index is 2.88. The first kappa shape index (κ1) is 12.0. The second-order valence-corrected chi connectivity index (χ2v) is 2.64. The first-order chi connectivity index (χ1) is 6.95. The SMILES string of the molecule is OOOOc1ncc(C(F)(F)F)cc1Cl. The highest BCUT2D eigenvalue weighted by atomic mass is 35.5. The number of rotatable bonds is 3. The maximum atomic E-state index is 12.1. The van der Waals surface area contributed by atoms with Gasteiger partial charge >= 0.3 is 6.18 Å². The van der Waals surface area contributed by atoms with Gasteiger partial charge in [-0.3, -0.25) is 4.89 Å². The fourth-order valence-electron chi connectivity index (χ4n) is 0.689. The Kier molecular flexibility index (Phi) is 3.69. The Morgan fingerprint density at radius 2 is 2.07 bits per heavy atom. The third kappa shape index (κ3) is 3.20. The molecule has 9 heteroatoms. The molecule has 0 aliphatic rings. The molecular weight excluding hydrogens is 243 g/mol. The fraction of sp³-hybridized carbons (Fsp3) is 0.167. The Hall–Kier alpha value is -1.09. The van der Waals surface area contributed by atoms with Crippen molar-refractivity contribution in [3.63, 3.8) is 0 Å². The van der Waals surface area contributed by atoms with Crippen LogP contribution < -0.4 is 4.89 Å². The van der Waals surface area contributed by atoms with E-state index in [2.05, 4.69) is 19.9 Å². The zero-order valence-electron chi connectivity index (χ0n) is 6.79. The van der Waals surface area contributed by atoms with E-state index in [0.29, 0.717) is 12.3 Å². The van der Waals surface area contributed by atoms with Gasteiger partial charge in [0.15, 0.2) is 0 Å². The van der Waals surface area contributed by atoms with E-state index >= 15 is 0 Å². The van der Waals surface area contributed by atoms with Crippen molar-refractivity contribution < 1.29 is 33.4 Å². The van der Waals surface area contributed by atoms with Gasteiger partial charge in [-0.05, 0) is 11.1 Å². The van der Waals surface area contributed by atoms with Gasteiger partial charge in [0, 0.05) is 11.2 Å². The van der Waals surface area contributed by atoms with Crippen LogP contribution in [0.15, 0.2) is 12.3 Å². The second-order valence-electron chi connectivity index (χ2n) is 2.23. The van der Waals surface area contributed by atoms with Gasteiger partial charge in [0.1, 0.15) is 5.02 Å². The van der Waals surface area contributed by atoms with Crippen LogP contribution in [0.1, 0.15) is 5.56 Å². The van der Waals surface area contributed by atoms with Gasteiger partial charge in [0.2, 0.25) is 0 Å². The molecule has 1 rings (SSSR count). The highest BCUT2D eigenvalue weighted by Crippen LogP contribution is 2.32. The minimum Gasteiger partial charge on any atom is -0.284 e. The second kappa shape index (κ2) is 4.62. The lowest BCUT2D eigenvalue weighted by Crippen LogP contribution is -2.06. The normalized spacial score (nSPS) is 11.5. The van der Waals surface area contributed by atoms with E-state index in [9.17, 15) is 13.2 Å². The lowest BCUT2D eigenvalue weighted by atomic mass is 10.3. The van der Waals surface area contributed by atoms with Crippen molar-refractivity contribution in [1.82, 2.24) is 4.98 Å². The van der Waals surface area contributed by atoms with E-state index in [0.717, 1.165) is 0 Å². The summed E-state index contributed by atoms with van der Waals surface area (Å²) in [5.41, 5.74) is -1.04. The van der Waals surface area contributed by atoms with E-state index in [1.54, 1.807) is 0 Å². The Morgan fingerprint density at radius 1 is 1.40 bits per heavy atom. The molecule has 1 aromatic heterocycles. The number of aromatic nitrogens is 1. The van der Waals surface area contributed by atoms with Gasteiger partial charge in [-0.15, -0.1) is 0 Å². The van der Waals surface area contributed by atoms with Crippen LogP contribution >= 0.6 is 11.6 Å². The van der Waals surface area contributed by atoms with Gasteiger partial charge in [-0.25, -0.2) is 10.2 Å². The number of nitrogens with zero attached hydrogens (tertiary/aromatic N) is 1. The summed E-state index contributed by atoms with van der Waals surface area (Å²) in [6, 6.07) is 0.588. The zero-order valence-corrected chi connectivity index (χ0v) is 7.54. The van der Waals surface area contributed by atoms with Crippen molar-refractivity contribution >= 4 is 11.6 Å². The van der Waals surface area contributed by atoms with Crippen molar-refractivity contribution in [2.24, 2.45) is 0 Å². The van der Waals surface area contributed by atoms with Crippen LogP contribution in [0.25, 0.3) is 0 Å². The molecule has 1 aromatic rings. The summed E-state index contributed by atoms with van der Waals surface area (Å²) in [6.45, 7) is 0. The van der Waals surface area contributed by atoms with Gasteiger partial charge in [0.25, 0.3) is 5.88 Å². The molecular formula is C6H3ClF3NO4. The van der Waals surface area contributed by atoms with Crippen molar-refractivity contribution in [3.8, 4) is 5.88 Å². The molecule has 0 saturated carbocycles. The summed E-state index contributed by atoms with van der Waals surface area (Å²) < 4.78 is 36.3.